The lowest BCUT2D eigenvalue weighted by atomic mass is 10.3. The Labute approximate surface area is 165 Å². The van der Waals surface area contributed by atoms with Crippen LogP contribution in [0.5, 0.6) is 10.9 Å². The highest BCUT2D eigenvalue weighted by molar-refractivity contribution is 7.20. The lowest BCUT2D eigenvalue weighted by molar-refractivity contribution is 0.215. The third kappa shape index (κ3) is 4.12. The van der Waals surface area contributed by atoms with Gasteiger partial charge in [-0.2, -0.15) is 5.10 Å². The molecule has 4 aromatic rings. The van der Waals surface area contributed by atoms with Crippen LogP contribution in [0, 0.1) is 6.92 Å². The minimum atomic E-state index is -0.576. The average molecular weight is 394 g/mol. The van der Waals surface area contributed by atoms with Gasteiger partial charge in [-0.05, 0) is 43.3 Å². The van der Waals surface area contributed by atoms with Gasteiger partial charge in [0.15, 0.2) is 0 Å². The van der Waals surface area contributed by atoms with Crippen LogP contribution < -0.4 is 14.8 Å². The summed E-state index contributed by atoms with van der Waals surface area (Å²) in [6.07, 6.45) is -0.576. The number of benzene rings is 2. The van der Waals surface area contributed by atoms with E-state index in [0.29, 0.717) is 12.3 Å². The summed E-state index contributed by atoms with van der Waals surface area (Å²) in [6.45, 7) is 2.37. The van der Waals surface area contributed by atoms with E-state index in [-0.39, 0.29) is 5.19 Å². The highest BCUT2D eigenvalue weighted by Gasteiger charge is 2.11. The van der Waals surface area contributed by atoms with Gasteiger partial charge in [-0.3, -0.25) is 10.00 Å². The van der Waals surface area contributed by atoms with E-state index >= 15 is 0 Å². The van der Waals surface area contributed by atoms with Crippen LogP contribution in [-0.4, -0.2) is 20.9 Å². The molecule has 0 aliphatic carbocycles. The zero-order valence-electron chi connectivity index (χ0n) is 15.4. The molecule has 0 aliphatic rings. The van der Waals surface area contributed by atoms with Crippen molar-refractivity contribution in [3.63, 3.8) is 0 Å². The number of amides is 1. The maximum Gasteiger partial charge on any atom is 0.419 e. The fraction of sp³-hybridized carbons (Fsp3) is 0.150. The van der Waals surface area contributed by atoms with Crippen LogP contribution in [0.4, 0.5) is 10.5 Å². The first-order valence-electron chi connectivity index (χ1n) is 8.63. The number of ether oxygens (including phenoxy) is 2. The molecule has 0 fully saturated rings. The minimum absolute atomic E-state index is 0.280. The summed E-state index contributed by atoms with van der Waals surface area (Å²) in [6, 6.07) is 16.7. The maximum atomic E-state index is 12.0. The molecule has 1 amide bonds. The zero-order chi connectivity index (χ0) is 19.5. The van der Waals surface area contributed by atoms with Gasteiger partial charge in [-0.25, -0.2) is 9.78 Å². The Balaban J connectivity index is 1.42. The predicted molar refractivity (Wildman–Crippen MR) is 108 cm³/mol. The number of nitrogens with zero attached hydrogens (tertiary/aromatic N) is 3. The lowest BCUT2D eigenvalue weighted by Crippen LogP contribution is -2.16. The van der Waals surface area contributed by atoms with Crippen LogP contribution in [0.15, 0.2) is 54.6 Å². The fourth-order valence-corrected chi connectivity index (χ4v) is 3.56. The second-order valence-electron chi connectivity index (χ2n) is 6.18. The first-order valence-corrected chi connectivity index (χ1v) is 9.45. The van der Waals surface area contributed by atoms with Crippen molar-refractivity contribution >= 4 is 33.3 Å². The van der Waals surface area contributed by atoms with Crippen molar-refractivity contribution in [3.05, 3.63) is 66.0 Å². The number of nitrogens with one attached hydrogen (secondary N) is 1. The molecular formula is C20H18N4O3S. The molecule has 0 unspecified atom stereocenters. The van der Waals surface area contributed by atoms with Crippen molar-refractivity contribution in [2.75, 3.05) is 5.32 Å². The standard InChI is InChI=1S/C20H18N4O3S/c1-13-10-15(24(2)23-13)12-26-16-8-9-17-18(11-16)28-20(22-17)27-19(25)21-14-6-4-3-5-7-14/h3-11H,12H2,1-2H3,(H,21,25). The van der Waals surface area contributed by atoms with Gasteiger partial charge in [0.1, 0.15) is 12.4 Å². The molecule has 28 heavy (non-hydrogen) atoms. The van der Waals surface area contributed by atoms with Crippen molar-refractivity contribution in [2.24, 2.45) is 7.05 Å². The molecule has 2 aromatic heterocycles. The van der Waals surface area contributed by atoms with E-state index < -0.39 is 6.09 Å². The van der Waals surface area contributed by atoms with Gasteiger partial charge in [-0.15, -0.1) is 0 Å². The summed E-state index contributed by atoms with van der Waals surface area (Å²) in [7, 11) is 1.89. The van der Waals surface area contributed by atoms with E-state index in [1.807, 2.05) is 56.4 Å². The quantitative estimate of drug-likeness (QED) is 0.538. The number of thiazole rings is 1. The van der Waals surface area contributed by atoms with Crippen LogP contribution in [-0.2, 0) is 13.7 Å². The van der Waals surface area contributed by atoms with E-state index in [9.17, 15) is 4.79 Å². The van der Waals surface area contributed by atoms with Crippen molar-refractivity contribution in [3.8, 4) is 10.9 Å². The number of anilines is 1. The van der Waals surface area contributed by atoms with Crippen molar-refractivity contribution in [1.82, 2.24) is 14.8 Å². The Kier molecular flexibility index (Phi) is 4.94. The summed E-state index contributed by atoms with van der Waals surface area (Å²) < 4.78 is 13.8. The minimum Gasteiger partial charge on any atom is -0.487 e. The highest BCUT2D eigenvalue weighted by atomic mass is 32.1. The van der Waals surface area contributed by atoms with Gasteiger partial charge >= 0.3 is 6.09 Å². The molecule has 0 bridgehead atoms. The normalized spacial score (nSPS) is 10.8. The van der Waals surface area contributed by atoms with Gasteiger partial charge in [0.25, 0.3) is 5.19 Å². The molecule has 2 aromatic carbocycles. The summed E-state index contributed by atoms with van der Waals surface area (Å²) >= 11 is 1.29. The number of hydrogen-bond donors (Lipinski definition) is 1. The maximum absolute atomic E-state index is 12.0. The van der Waals surface area contributed by atoms with Crippen LogP contribution in [0.3, 0.4) is 0 Å². The van der Waals surface area contributed by atoms with Gasteiger partial charge in [0.05, 0.1) is 21.6 Å². The second kappa shape index (κ2) is 7.69. The summed E-state index contributed by atoms with van der Waals surface area (Å²) in [4.78, 5) is 16.4. The van der Waals surface area contributed by atoms with E-state index in [1.54, 1.807) is 16.8 Å². The average Bonchev–Trinajstić information content (AvgIpc) is 3.21. The monoisotopic (exact) mass is 394 g/mol. The Bertz CT molecular complexity index is 1120. The van der Waals surface area contributed by atoms with Crippen LogP contribution >= 0.6 is 11.3 Å². The third-order valence-electron chi connectivity index (χ3n) is 4.03. The first-order chi connectivity index (χ1) is 13.6. The summed E-state index contributed by atoms with van der Waals surface area (Å²) in [5.41, 5.74) is 3.35. The molecule has 4 rings (SSSR count). The van der Waals surface area contributed by atoms with Crippen molar-refractivity contribution in [1.29, 1.82) is 0 Å². The summed E-state index contributed by atoms with van der Waals surface area (Å²) in [5.74, 6) is 0.718. The van der Waals surface area contributed by atoms with Crippen LogP contribution in [0.25, 0.3) is 10.2 Å². The van der Waals surface area contributed by atoms with Gasteiger partial charge in [-0.1, -0.05) is 29.5 Å². The number of aromatic nitrogens is 3. The first kappa shape index (κ1) is 18.0. The molecular weight excluding hydrogens is 376 g/mol. The molecule has 0 radical (unpaired) electrons. The lowest BCUT2D eigenvalue weighted by Gasteiger charge is -2.06. The Morgan fingerprint density at radius 3 is 2.75 bits per heavy atom. The summed E-state index contributed by atoms with van der Waals surface area (Å²) in [5, 5.41) is 7.25. The number of rotatable bonds is 5. The van der Waals surface area contributed by atoms with Crippen LogP contribution in [0.1, 0.15) is 11.4 Å². The third-order valence-corrected chi connectivity index (χ3v) is 4.92. The van der Waals surface area contributed by atoms with E-state index in [4.69, 9.17) is 9.47 Å². The molecule has 2 heterocycles. The highest BCUT2D eigenvalue weighted by Crippen LogP contribution is 2.31. The molecule has 0 saturated heterocycles. The number of hydrogen-bond acceptors (Lipinski definition) is 6. The van der Waals surface area contributed by atoms with Crippen molar-refractivity contribution in [2.45, 2.75) is 13.5 Å². The van der Waals surface area contributed by atoms with E-state index in [0.717, 1.165) is 27.4 Å². The Hall–Kier alpha value is -3.39. The fourth-order valence-electron chi connectivity index (χ4n) is 2.72. The molecule has 7 nitrogen and oxygen atoms in total. The molecule has 8 heteroatoms. The SMILES string of the molecule is Cc1cc(COc2ccc3nc(OC(=O)Nc4ccccc4)sc3c2)n(C)n1. The smallest absolute Gasteiger partial charge is 0.419 e. The molecule has 0 spiro atoms. The zero-order valence-corrected chi connectivity index (χ0v) is 16.2. The molecule has 0 saturated carbocycles. The topological polar surface area (TPSA) is 78.3 Å². The molecule has 142 valence electrons. The van der Waals surface area contributed by atoms with Crippen molar-refractivity contribution < 1.29 is 14.3 Å². The molecule has 1 N–H and O–H groups in total. The predicted octanol–water partition coefficient (Wildman–Crippen LogP) is 4.53. The number of fused-ring (bicyclic) bond motifs is 1. The number of carbonyl (C=O) groups is 1. The van der Waals surface area contributed by atoms with Gasteiger partial charge < -0.3 is 9.47 Å². The molecule has 0 aliphatic heterocycles. The number of para-hydroxylation sites is 1. The Morgan fingerprint density at radius 1 is 1.18 bits per heavy atom. The number of carbonyl (C=O) groups excluding carboxylic acids is 1. The van der Waals surface area contributed by atoms with Gasteiger partial charge in [0, 0.05) is 12.7 Å². The second-order valence-corrected chi connectivity index (χ2v) is 7.17. The largest absolute Gasteiger partial charge is 0.487 e. The van der Waals surface area contributed by atoms with E-state index in [1.165, 1.54) is 11.3 Å². The number of aryl methyl sites for hydroxylation is 2. The van der Waals surface area contributed by atoms with E-state index in [2.05, 4.69) is 15.4 Å². The Morgan fingerprint density at radius 2 is 2.00 bits per heavy atom. The van der Waals surface area contributed by atoms with Crippen LogP contribution in [0.2, 0.25) is 0 Å². The molecule has 0 atom stereocenters. The van der Waals surface area contributed by atoms with Gasteiger partial charge in [0.2, 0.25) is 0 Å².